The summed E-state index contributed by atoms with van der Waals surface area (Å²) in [6, 6.07) is 0. The van der Waals surface area contributed by atoms with E-state index in [2.05, 4.69) is 24.1 Å². The third-order valence-electron chi connectivity index (χ3n) is 3.41. The highest BCUT2D eigenvalue weighted by atomic mass is 16.5. The van der Waals surface area contributed by atoms with Gasteiger partial charge in [-0.3, -0.25) is 0 Å². The molecular formula is C14H24N2O2. The van der Waals surface area contributed by atoms with Gasteiger partial charge in [-0.1, -0.05) is 13.8 Å². The highest BCUT2D eigenvalue weighted by Gasteiger charge is 2.28. The number of aromatic nitrogens is 1. The predicted molar refractivity (Wildman–Crippen MR) is 70.5 cm³/mol. The van der Waals surface area contributed by atoms with E-state index in [1.807, 2.05) is 6.20 Å². The lowest BCUT2D eigenvalue weighted by atomic mass is 10.0. The van der Waals surface area contributed by atoms with Crippen LogP contribution in [-0.2, 0) is 11.2 Å². The van der Waals surface area contributed by atoms with Gasteiger partial charge in [0, 0.05) is 13.0 Å². The second kappa shape index (κ2) is 6.90. The van der Waals surface area contributed by atoms with Crippen molar-refractivity contribution in [2.75, 3.05) is 19.7 Å². The first-order valence-corrected chi connectivity index (χ1v) is 7.08. The summed E-state index contributed by atoms with van der Waals surface area (Å²) in [5.74, 6) is 2.28. The van der Waals surface area contributed by atoms with Gasteiger partial charge in [-0.2, -0.15) is 0 Å². The van der Waals surface area contributed by atoms with E-state index < -0.39 is 0 Å². The van der Waals surface area contributed by atoms with Gasteiger partial charge in [0.15, 0.2) is 11.7 Å². The number of hydrogen-bond acceptors (Lipinski definition) is 4. The minimum atomic E-state index is 0.115. The Morgan fingerprint density at radius 3 is 3.06 bits per heavy atom. The van der Waals surface area contributed by atoms with Crippen LogP contribution < -0.4 is 5.32 Å². The zero-order chi connectivity index (χ0) is 12.8. The molecule has 1 fully saturated rings. The molecule has 4 heteroatoms. The fourth-order valence-electron chi connectivity index (χ4n) is 2.30. The standard InChI is InChI=1S/C14H24N2O2/c1-3-7-15-8-4-5-13-16-10-12(18-13)14-11(2)6-9-17-14/h10-11,14-15H,3-9H2,1-2H3. The zero-order valence-electron chi connectivity index (χ0n) is 11.4. The van der Waals surface area contributed by atoms with E-state index in [-0.39, 0.29) is 6.10 Å². The first kappa shape index (κ1) is 13.6. The first-order valence-electron chi connectivity index (χ1n) is 7.08. The van der Waals surface area contributed by atoms with Crippen LogP contribution in [0.4, 0.5) is 0 Å². The van der Waals surface area contributed by atoms with Gasteiger partial charge >= 0.3 is 0 Å². The maximum Gasteiger partial charge on any atom is 0.194 e. The van der Waals surface area contributed by atoms with Crippen molar-refractivity contribution in [3.63, 3.8) is 0 Å². The molecule has 2 rings (SSSR count). The molecule has 1 aliphatic heterocycles. The van der Waals surface area contributed by atoms with Crippen LogP contribution in [0.1, 0.15) is 50.9 Å². The normalized spacial score (nSPS) is 23.7. The van der Waals surface area contributed by atoms with Crippen molar-refractivity contribution < 1.29 is 9.15 Å². The SMILES string of the molecule is CCCNCCCc1ncc(C2OCCC2C)o1. The van der Waals surface area contributed by atoms with Gasteiger partial charge in [-0.05, 0) is 38.3 Å². The van der Waals surface area contributed by atoms with E-state index in [4.69, 9.17) is 9.15 Å². The Bertz CT molecular complexity index is 351. The van der Waals surface area contributed by atoms with Crippen molar-refractivity contribution in [1.82, 2.24) is 10.3 Å². The third kappa shape index (κ3) is 3.56. The smallest absolute Gasteiger partial charge is 0.194 e. The summed E-state index contributed by atoms with van der Waals surface area (Å²) in [6.07, 6.45) is 6.21. The molecule has 18 heavy (non-hydrogen) atoms. The molecule has 0 aromatic carbocycles. The Morgan fingerprint density at radius 1 is 1.44 bits per heavy atom. The van der Waals surface area contributed by atoms with Crippen LogP contribution in [-0.4, -0.2) is 24.7 Å². The lowest BCUT2D eigenvalue weighted by Gasteiger charge is -2.10. The van der Waals surface area contributed by atoms with Gasteiger partial charge in [0.05, 0.1) is 6.20 Å². The van der Waals surface area contributed by atoms with Crippen molar-refractivity contribution in [3.8, 4) is 0 Å². The monoisotopic (exact) mass is 252 g/mol. The number of nitrogens with one attached hydrogen (secondary N) is 1. The highest BCUT2D eigenvalue weighted by molar-refractivity contribution is 5.01. The number of rotatable bonds is 7. The van der Waals surface area contributed by atoms with E-state index in [1.54, 1.807) is 0 Å². The van der Waals surface area contributed by atoms with Crippen LogP contribution >= 0.6 is 0 Å². The molecule has 0 amide bonds. The fraction of sp³-hybridized carbons (Fsp3) is 0.786. The van der Waals surface area contributed by atoms with Crippen LogP contribution in [0.25, 0.3) is 0 Å². The molecule has 2 atom stereocenters. The maximum absolute atomic E-state index is 5.78. The zero-order valence-corrected chi connectivity index (χ0v) is 11.4. The average Bonchev–Trinajstić information content (AvgIpc) is 2.97. The summed E-state index contributed by atoms with van der Waals surface area (Å²) in [5, 5.41) is 3.38. The van der Waals surface area contributed by atoms with Gasteiger partial charge in [0.1, 0.15) is 6.10 Å². The highest BCUT2D eigenvalue weighted by Crippen LogP contribution is 2.34. The van der Waals surface area contributed by atoms with Gasteiger partial charge in [-0.15, -0.1) is 0 Å². The summed E-state index contributed by atoms with van der Waals surface area (Å²) in [6.45, 7) is 7.33. The lowest BCUT2D eigenvalue weighted by Crippen LogP contribution is -2.16. The maximum atomic E-state index is 5.78. The summed E-state index contributed by atoms with van der Waals surface area (Å²) in [5.41, 5.74) is 0. The van der Waals surface area contributed by atoms with Crippen molar-refractivity contribution in [3.05, 3.63) is 17.8 Å². The Labute approximate surface area is 109 Å². The number of hydrogen-bond donors (Lipinski definition) is 1. The Balaban J connectivity index is 1.75. The molecule has 2 heterocycles. The number of aryl methyl sites for hydroxylation is 1. The Morgan fingerprint density at radius 2 is 2.33 bits per heavy atom. The van der Waals surface area contributed by atoms with E-state index >= 15 is 0 Å². The van der Waals surface area contributed by atoms with Gasteiger partial charge in [0.25, 0.3) is 0 Å². The molecule has 0 radical (unpaired) electrons. The second-order valence-corrected chi connectivity index (χ2v) is 5.07. The molecule has 102 valence electrons. The third-order valence-corrected chi connectivity index (χ3v) is 3.41. The first-order chi connectivity index (χ1) is 8.81. The van der Waals surface area contributed by atoms with E-state index in [1.165, 1.54) is 6.42 Å². The average molecular weight is 252 g/mol. The van der Waals surface area contributed by atoms with Crippen molar-refractivity contribution in [2.45, 2.75) is 45.6 Å². The number of nitrogens with zero attached hydrogens (tertiary/aromatic N) is 1. The largest absolute Gasteiger partial charge is 0.443 e. The molecule has 4 nitrogen and oxygen atoms in total. The van der Waals surface area contributed by atoms with E-state index in [0.717, 1.165) is 50.6 Å². The minimum absolute atomic E-state index is 0.115. The molecular weight excluding hydrogens is 228 g/mol. The number of oxazole rings is 1. The Hall–Kier alpha value is -0.870. The minimum Gasteiger partial charge on any atom is -0.443 e. The van der Waals surface area contributed by atoms with E-state index in [0.29, 0.717) is 5.92 Å². The second-order valence-electron chi connectivity index (χ2n) is 5.07. The van der Waals surface area contributed by atoms with E-state index in [9.17, 15) is 0 Å². The summed E-state index contributed by atoms with van der Waals surface area (Å²) < 4.78 is 11.5. The quantitative estimate of drug-likeness (QED) is 0.758. The summed E-state index contributed by atoms with van der Waals surface area (Å²) >= 11 is 0. The molecule has 1 aromatic heterocycles. The predicted octanol–water partition coefficient (Wildman–Crippen LogP) is 2.70. The van der Waals surface area contributed by atoms with Gasteiger partial charge in [-0.25, -0.2) is 4.98 Å². The molecule has 1 aliphatic rings. The molecule has 1 saturated heterocycles. The fourth-order valence-corrected chi connectivity index (χ4v) is 2.30. The van der Waals surface area contributed by atoms with Crippen molar-refractivity contribution >= 4 is 0 Å². The van der Waals surface area contributed by atoms with Crippen LogP contribution in [0.15, 0.2) is 10.6 Å². The molecule has 2 unspecified atom stereocenters. The molecule has 0 spiro atoms. The van der Waals surface area contributed by atoms with Crippen molar-refractivity contribution in [2.24, 2.45) is 5.92 Å². The molecule has 0 bridgehead atoms. The molecule has 0 aliphatic carbocycles. The summed E-state index contributed by atoms with van der Waals surface area (Å²) in [4.78, 5) is 4.34. The molecule has 1 aromatic rings. The number of ether oxygens (including phenoxy) is 1. The molecule has 1 N–H and O–H groups in total. The van der Waals surface area contributed by atoms with Crippen LogP contribution in [0.2, 0.25) is 0 Å². The molecule has 0 saturated carbocycles. The van der Waals surface area contributed by atoms with Crippen molar-refractivity contribution in [1.29, 1.82) is 0 Å². The van der Waals surface area contributed by atoms with Gasteiger partial charge < -0.3 is 14.5 Å². The lowest BCUT2D eigenvalue weighted by molar-refractivity contribution is 0.0749. The Kier molecular flexibility index (Phi) is 5.20. The van der Waals surface area contributed by atoms with Crippen LogP contribution in [0.3, 0.4) is 0 Å². The topological polar surface area (TPSA) is 47.3 Å². The van der Waals surface area contributed by atoms with Crippen LogP contribution in [0.5, 0.6) is 0 Å². The van der Waals surface area contributed by atoms with Crippen LogP contribution in [0, 0.1) is 5.92 Å². The van der Waals surface area contributed by atoms with Gasteiger partial charge in [0.2, 0.25) is 0 Å². The summed E-state index contributed by atoms with van der Waals surface area (Å²) in [7, 11) is 0.